The highest BCUT2D eigenvalue weighted by Gasteiger charge is 2.33. The van der Waals surface area contributed by atoms with E-state index in [-0.39, 0.29) is 0 Å². The highest BCUT2D eigenvalue weighted by Crippen LogP contribution is 2.41. The van der Waals surface area contributed by atoms with Crippen LogP contribution in [0.4, 0.5) is 0 Å². The molecule has 21 heavy (non-hydrogen) atoms. The van der Waals surface area contributed by atoms with E-state index >= 15 is 0 Å². The fourth-order valence-corrected chi connectivity index (χ4v) is 3.74. The Labute approximate surface area is 128 Å². The molecular weight excluding hydrogens is 262 g/mol. The Balaban J connectivity index is 1.49. The molecule has 1 aromatic carbocycles. The van der Waals surface area contributed by atoms with Crippen molar-refractivity contribution in [1.82, 2.24) is 5.32 Å². The molecule has 0 spiro atoms. The highest BCUT2D eigenvalue weighted by atomic mass is 16.5. The second-order valence-electron chi connectivity index (χ2n) is 6.51. The quantitative estimate of drug-likeness (QED) is 0.901. The van der Waals surface area contributed by atoms with Gasteiger partial charge in [-0.2, -0.15) is 0 Å². The van der Waals surface area contributed by atoms with Gasteiger partial charge in [0.25, 0.3) is 0 Å². The van der Waals surface area contributed by atoms with E-state index in [0.29, 0.717) is 18.0 Å². The number of hydrogen-bond donors (Lipinski definition) is 1. The van der Waals surface area contributed by atoms with Gasteiger partial charge in [0.05, 0.1) is 7.11 Å². The number of benzene rings is 1. The molecule has 116 valence electrons. The van der Waals surface area contributed by atoms with Crippen LogP contribution in [0.25, 0.3) is 0 Å². The van der Waals surface area contributed by atoms with Crippen molar-refractivity contribution >= 4 is 0 Å². The van der Waals surface area contributed by atoms with Crippen LogP contribution >= 0.6 is 0 Å². The lowest BCUT2D eigenvalue weighted by Crippen LogP contribution is -2.48. The van der Waals surface area contributed by atoms with Crippen molar-refractivity contribution in [3.05, 3.63) is 29.8 Å². The third-order valence-corrected chi connectivity index (χ3v) is 5.19. The van der Waals surface area contributed by atoms with Gasteiger partial charge in [0.15, 0.2) is 0 Å². The van der Waals surface area contributed by atoms with Crippen molar-refractivity contribution in [3.63, 3.8) is 0 Å². The third-order valence-electron chi connectivity index (χ3n) is 5.19. The number of rotatable bonds is 5. The summed E-state index contributed by atoms with van der Waals surface area (Å²) >= 11 is 0. The monoisotopic (exact) mass is 289 g/mol. The summed E-state index contributed by atoms with van der Waals surface area (Å²) in [5, 5.41) is 3.83. The molecule has 2 aliphatic rings. The van der Waals surface area contributed by atoms with Gasteiger partial charge in [-0.15, -0.1) is 0 Å². The molecule has 3 nitrogen and oxygen atoms in total. The van der Waals surface area contributed by atoms with Gasteiger partial charge in [0.2, 0.25) is 0 Å². The maximum Gasteiger partial charge on any atom is 0.122 e. The van der Waals surface area contributed by atoms with Crippen molar-refractivity contribution in [2.45, 2.75) is 50.6 Å². The van der Waals surface area contributed by atoms with Gasteiger partial charge in [-0.3, -0.25) is 0 Å². The Morgan fingerprint density at radius 2 is 1.90 bits per heavy atom. The van der Waals surface area contributed by atoms with Gasteiger partial charge < -0.3 is 14.8 Å². The summed E-state index contributed by atoms with van der Waals surface area (Å²) < 4.78 is 10.9. The molecule has 1 saturated carbocycles. The van der Waals surface area contributed by atoms with Crippen molar-refractivity contribution < 1.29 is 9.47 Å². The van der Waals surface area contributed by atoms with E-state index in [1.54, 1.807) is 7.11 Å². The largest absolute Gasteiger partial charge is 0.496 e. The van der Waals surface area contributed by atoms with E-state index in [9.17, 15) is 0 Å². The van der Waals surface area contributed by atoms with E-state index in [4.69, 9.17) is 9.47 Å². The summed E-state index contributed by atoms with van der Waals surface area (Å²) in [6.07, 6.45) is 4.87. The summed E-state index contributed by atoms with van der Waals surface area (Å²) in [7, 11) is 1.76. The van der Waals surface area contributed by atoms with Crippen LogP contribution < -0.4 is 10.1 Å². The molecule has 1 aliphatic heterocycles. The summed E-state index contributed by atoms with van der Waals surface area (Å²) in [6.45, 7) is 4.21. The summed E-state index contributed by atoms with van der Waals surface area (Å²) in [5.41, 5.74) is 1.37. The minimum absolute atomic E-state index is 0.609. The number of nitrogens with one attached hydrogen (secondary N) is 1. The zero-order valence-electron chi connectivity index (χ0n) is 13.2. The maximum atomic E-state index is 5.48. The van der Waals surface area contributed by atoms with Gasteiger partial charge in [0.1, 0.15) is 5.75 Å². The Morgan fingerprint density at radius 3 is 2.62 bits per heavy atom. The van der Waals surface area contributed by atoms with Crippen LogP contribution in [-0.4, -0.2) is 32.4 Å². The van der Waals surface area contributed by atoms with Crippen LogP contribution in [0, 0.1) is 5.92 Å². The second-order valence-corrected chi connectivity index (χ2v) is 6.51. The molecule has 1 heterocycles. The van der Waals surface area contributed by atoms with Gasteiger partial charge in [-0.1, -0.05) is 18.2 Å². The van der Waals surface area contributed by atoms with Gasteiger partial charge >= 0.3 is 0 Å². The van der Waals surface area contributed by atoms with Crippen molar-refractivity contribution in [2.24, 2.45) is 5.92 Å². The number of para-hydroxylation sites is 1. The predicted molar refractivity (Wildman–Crippen MR) is 84.9 cm³/mol. The average Bonchev–Trinajstić information content (AvgIpc) is 2.51. The Kier molecular flexibility index (Phi) is 4.81. The van der Waals surface area contributed by atoms with Crippen LogP contribution in [0.15, 0.2) is 24.3 Å². The van der Waals surface area contributed by atoms with E-state index in [2.05, 4.69) is 30.4 Å². The molecule has 1 unspecified atom stereocenters. The molecule has 1 aromatic rings. The first-order valence-electron chi connectivity index (χ1n) is 8.24. The molecule has 3 rings (SSSR count). The van der Waals surface area contributed by atoms with Gasteiger partial charge in [0, 0.05) is 25.3 Å². The van der Waals surface area contributed by atoms with Crippen molar-refractivity contribution in [2.75, 3.05) is 20.3 Å². The maximum absolute atomic E-state index is 5.48. The first-order valence-corrected chi connectivity index (χ1v) is 8.24. The minimum Gasteiger partial charge on any atom is -0.496 e. The lowest BCUT2D eigenvalue weighted by molar-refractivity contribution is 0.0519. The molecule has 0 bridgehead atoms. The molecule has 2 fully saturated rings. The van der Waals surface area contributed by atoms with Crippen LogP contribution in [0.2, 0.25) is 0 Å². The Bertz CT molecular complexity index is 450. The molecular formula is C18H27NO2. The molecule has 1 aliphatic carbocycles. The summed E-state index contributed by atoms with van der Waals surface area (Å²) in [5.74, 6) is 2.48. The van der Waals surface area contributed by atoms with Crippen LogP contribution in [0.5, 0.6) is 5.75 Å². The SMILES string of the molecule is COc1ccccc1C1CC(NC(C)C2CCOCC2)C1. The summed E-state index contributed by atoms with van der Waals surface area (Å²) in [4.78, 5) is 0. The predicted octanol–water partition coefficient (Wildman–Crippen LogP) is 3.35. The molecule has 0 amide bonds. The minimum atomic E-state index is 0.609. The molecule has 1 saturated heterocycles. The van der Waals surface area contributed by atoms with E-state index < -0.39 is 0 Å². The zero-order valence-corrected chi connectivity index (χ0v) is 13.2. The van der Waals surface area contributed by atoms with E-state index in [1.165, 1.54) is 31.2 Å². The van der Waals surface area contributed by atoms with Crippen molar-refractivity contribution in [3.8, 4) is 5.75 Å². The van der Waals surface area contributed by atoms with E-state index in [0.717, 1.165) is 24.9 Å². The smallest absolute Gasteiger partial charge is 0.122 e. The molecule has 0 radical (unpaired) electrons. The number of methoxy groups -OCH3 is 1. The highest BCUT2D eigenvalue weighted by molar-refractivity contribution is 5.37. The normalized spacial score (nSPS) is 27.9. The zero-order chi connectivity index (χ0) is 14.7. The van der Waals surface area contributed by atoms with Crippen LogP contribution in [-0.2, 0) is 4.74 Å². The van der Waals surface area contributed by atoms with Crippen LogP contribution in [0.3, 0.4) is 0 Å². The topological polar surface area (TPSA) is 30.5 Å². The second kappa shape index (κ2) is 6.80. The lowest BCUT2D eigenvalue weighted by atomic mass is 9.75. The van der Waals surface area contributed by atoms with Crippen molar-refractivity contribution in [1.29, 1.82) is 0 Å². The Morgan fingerprint density at radius 1 is 1.19 bits per heavy atom. The van der Waals surface area contributed by atoms with E-state index in [1.807, 2.05) is 6.07 Å². The fourth-order valence-electron chi connectivity index (χ4n) is 3.74. The Hall–Kier alpha value is -1.06. The molecule has 0 aromatic heterocycles. The standard InChI is InChI=1S/C18H27NO2/c1-13(14-7-9-21-10-8-14)19-16-11-15(12-16)17-5-3-4-6-18(17)20-2/h3-6,13-16,19H,7-12H2,1-2H3. The first kappa shape index (κ1) is 14.9. The fraction of sp³-hybridized carbons (Fsp3) is 0.667. The van der Waals surface area contributed by atoms with Gasteiger partial charge in [-0.05, 0) is 56.1 Å². The number of ether oxygens (including phenoxy) is 2. The summed E-state index contributed by atoms with van der Waals surface area (Å²) in [6, 6.07) is 9.71. The molecule has 1 N–H and O–H groups in total. The van der Waals surface area contributed by atoms with Crippen LogP contribution in [0.1, 0.15) is 44.1 Å². The lowest BCUT2D eigenvalue weighted by Gasteiger charge is -2.40. The number of hydrogen-bond acceptors (Lipinski definition) is 3. The molecule has 1 atom stereocenters. The molecule has 3 heteroatoms. The van der Waals surface area contributed by atoms with Gasteiger partial charge in [-0.25, -0.2) is 0 Å². The first-order chi connectivity index (χ1) is 10.3. The third kappa shape index (κ3) is 3.41. The average molecular weight is 289 g/mol.